The minimum Gasteiger partial charge on any atom is -0.393 e. The van der Waals surface area contributed by atoms with Gasteiger partial charge in [-0.05, 0) is 38.0 Å². The van der Waals surface area contributed by atoms with Gasteiger partial charge in [0, 0.05) is 6.54 Å². The molecule has 0 radical (unpaired) electrons. The zero-order valence-corrected chi connectivity index (χ0v) is 9.96. The van der Waals surface area contributed by atoms with Crippen molar-refractivity contribution in [3.8, 4) is 6.07 Å². The lowest BCUT2D eigenvalue weighted by atomic mass is 10.2. The average molecular weight is 239 g/mol. The minimum atomic E-state index is -0.266. The third-order valence-corrected chi connectivity index (χ3v) is 2.53. The van der Waals surface area contributed by atoms with Gasteiger partial charge >= 0.3 is 0 Å². The maximum absolute atomic E-state index is 9.08. The van der Waals surface area contributed by atoms with E-state index in [4.69, 9.17) is 22.0 Å². The highest BCUT2D eigenvalue weighted by molar-refractivity contribution is 6.33. The van der Waals surface area contributed by atoms with Gasteiger partial charge in [0.1, 0.15) is 0 Å². The van der Waals surface area contributed by atoms with Crippen molar-refractivity contribution in [1.82, 2.24) is 0 Å². The van der Waals surface area contributed by atoms with Gasteiger partial charge in [0.05, 0.1) is 28.4 Å². The van der Waals surface area contributed by atoms with E-state index in [9.17, 15) is 0 Å². The molecule has 1 aromatic rings. The van der Waals surface area contributed by atoms with E-state index in [0.29, 0.717) is 10.6 Å². The first-order valence-corrected chi connectivity index (χ1v) is 5.63. The largest absolute Gasteiger partial charge is 0.393 e. The number of aliphatic hydroxyl groups excluding tert-OH is 1. The molecule has 86 valence electrons. The van der Waals surface area contributed by atoms with Gasteiger partial charge in [-0.25, -0.2) is 0 Å². The summed E-state index contributed by atoms with van der Waals surface area (Å²) in [4.78, 5) is 0. The average Bonchev–Trinajstić information content (AvgIpc) is 2.25. The molecule has 0 aliphatic rings. The highest BCUT2D eigenvalue weighted by Gasteiger charge is 2.01. The van der Waals surface area contributed by atoms with Crippen LogP contribution in [0.1, 0.15) is 25.3 Å². The second-order valence-electron chi connectivity index (χ2n) is 3.72. The Bertz CT molecular complexity index is 385. The lowest BCUT2D eigenvalue weighted by Gasteiger charge is -2.09. The van der Waals surface area contributed by atoms with Gasteiger partial charge in [0.25, 0.3) is 0 Å². The molecule has 0 amide bonds. The van der Waals surface area contributed by atoms with E-state index in [1.54, 1.807) is 25.1 Å². The minimum absolute atomic E-state index is 0.266. The molecular formula is C12H15ClN2O. The van der Waals surface area contributed by atoms with Gasteiger partial charge in [0.15, 0.2) is 0 Å². The second kappa shape index (κ2) is 6.37. The molecule has 0 bridgehead atoms. The van der Waals surface area contributed by atoms with Gasteiger partial charge in [-0.2, -0.15) is 5.26 Å². The normalized spacial score (nSPS) is 11.9. The summed E-state index contributed by atoms with van der Waals surface area (Å²) >= 11 is 5.99. The molecule has 0 aliphatic carbocycles. The van der Waals surface area contributed by atoms with Crippen LogP contribution in [0.2, 0.25) is 5.02 Å². The van der Waals surface area contributed by atoms with Gasteiger partial charge < -0.3 is 10.4 Å². The first-order chi connectivity index (χ1) is 7.63. The number of hydrogen-bond donors (Lipinski definition) is 2. The molecule has 0 aromatic heterocycles. The molecule has 1 unspecified atom stereocenters. The number of rotatable bonds is 5. The molecule has 0 spiro atoms. The molecule has 1 rings (SSSR count). The summed E-state index contributed by atoms with van der Waals surface area (Å²) in [7, 11) is 0. The van der Waals surface area contributed by atoms with Crippen LogP contribution >= 0.6 is 11.6 Å². The van der Waals surface area contributed by atoms with Crippen LogP contribution in [0.5, 0.6) is 0 Å². The van der Waals surface area contributed by atoms with Crippen LogP contribution in [0, 0.1) is 11.3 Å². The first-order valence-electron chi connectivity index (χ1n) is 5.25. The number of halogens is 1. The summed E-state index contributed by atoms with van der Waals surface area (Å²) in [5.41, 5.74) is 1.38. The summed E-state index contributed by atoms with van der Waals surface area (Å²) in [6.07, 6.45) is 1.38. The number of nitrogens with zero attached hydrogens (tertiary/aromatic N) is 1. The van der Waals surface area contributed by atoms with Crippen LogP contribution < -0.4 is 5.32 Å². The zero-order chi connectivity index (χ0) is 12.0. The summed E-state index contributed by atoms with van der Waals surface area (Å²) < 4.78 is 0. The Balaban J connectivity index is 2.46. The van der Waals surface area contributed by atoms with E-state index >= 15 is 0 Å². The third-order valence-electron chi connectivity index (χ3n) is 2.21. The summed E-state index contributed by atoms with van der Waals surface area (Å²) in [5, 5.41) is 21.5. The maximum atomic E-state index is 9.08. The van der Waals surface area contributed by atoms with E-state index < -0.39 is 0 Å². The van der Waals surface area contributed by atoms with Crippen molar-refractivity contribution in [2.75, 3.05) is 11.9 Å². The molecular weight excluding hydrogens is 224 g/mol. The van der Waals surface area contributed by atoms with Crippen LogP contribution in [0.25, 0.3) is 0 Å². The number of anilines is 1. The highest BCUT2D eigenvalue weighted by atomic mass is 35.5. The lowest BCUT2D eigenvalue weighted by molar-refractivity contribution is 0.183. The molecule has 16 heavy (non-hydrogen) atoms. The molecule has 0 fully saturated rings. The van der Waals surface area contributed by atoms with Gasteiger partial charge in [-0.1, -0.05) is 11.6 Å². The summed E-state index contributed by atoms with van der Waals surface area (Å²) in [5.74, 6) is 0. The Morgan fingerprint density at radius 1 is 1.56 bits per heavy atom. The standard InChI is InChI=1S/C12H15ClN2O/c1-9(16)3-2-6-15-12-5-4-10(8-14)7-11(12)13/h4-5,7,9,15-16H,2-3,6H2,1H3. The van der Waals surface area contributed by atoms with E-state index in [1.807, 2.05) is 6.07 Å². The molecule has 1 aromatic carbocycles. The Morgan fingerprint density at radius 2 is 2.31 bits per heavy atom. The zero-order valence-electron chi connectivity index (χ0n) is 9.20. The fraction of sp³-hybridized carbons (Fsp3) is 0.417. The number of hydrogen-bond acceptors (Lipinski definition) is 3. The predicted octanol–water partition coefficient (Wildman–Crippen LogP) is 2.78. The Hall–Kier alpha value is -1.24. The molecule has 1 atom stereocenters. The van der Waals surface area contributed by atoms with E-state index in [0.717, 1.165) is 25.1 Å². The van der Waals surface area contributed by atoms with Crippen LogP contribution in [0.4, 0.5) is 5.69 Å². The van der Waals surface area contributed by atoms with E-state index in [2.05, 4.69) is 5.32 Å². The highest BCUT2D eigenvalue weighted by Crippen LogP contribution is 2.22. The van der Waals surface area contributed by atoms with Crippen LogP contribution in [-0.4, -0.2) is 17.8 Å². The first kappa shape index (κ1) is 12.8. The third kappa shape index (κ3) is 4.09. The smallest absolute Gasteiger partial charge is 0.0992 e. The Kier molecular flexibility index (Phi) is 5.10. The molecule has 3 nitrogen and oxygen atoms in total. The van der Waals surface area contributed by atoms with Gasteiger partial charge in [-0.15, -0.1) is 0 Å². The van der Waals surface area contributed by atoms with Crippen molar-refractivity contribution in [3.63, 3.8) is 0 Å². The molecule has 2 N–H and O–H groups in total. The maximum Gasteiger partial charge on any atom is 0.0992 e. The molecule has 4 heteroatoms. The SMILES string of the molecule is CC(O)CCCNc1ccc(C#N)cc1Cl. The number of benzene rings is 1. The molecule has 0 saturated heterocycles. The number of aliphatic hydroxyl groups is 1. The van der Waals surface area contributed by atoms with Crippen molar-refractivity contribution in [2.45, 2.75) is 25.9 Å². The fourth-order valence-corrected chi connectivity index (χ4v) is 1.60. The van der Waals surface area contributed by atoms with Crippen molar-refractivity contribution < 1.29 is 5.11 Å². The quantitative estimate of drug-likeness (QED) is 0.776. The molecule has 0 saturated carbocycles. The van der Waals surface area contributed by atoms with E-state index in [-0.39, 0.29) is 6.10 Å². The van der Waals surface area contributed by atoms with Crippen molar-refractivity contribution in [1.29, 1.82) is 5.26 Å². The van der Waals surface area contributed by atoms with Crippen LogP contribution in [-0.2, 0) is 0 Å². The van der Waals surface area contributed by atoms with Crippen molar-refractivity contribution in [2.24, 2.45) is 0 Å². The van der Waals surface area contributed by atoms with Gasteiger partial charge in [0.2, 0.25) is 0 Å². The summed E-state index contributed by atoms with van der Waals surface area (Å²) in [6.45, 7) is 2.53. The lowest BCUT2D eigenvalue weighted by Crippen LogP contribution is -2.06. The molecule has 0 aliphatic heterocycles. The number of nitriles is 1. The predicted molar refractivity (Wildman–Crippen MR) is 65.6 cm³/mol. The monoisotopic (exact) mass is 238 g/mol. The van der Waals surface area contributed by atoms with Crippen LogP contribution in [0.3, 0.4) is 0 Å². The summed E-state index contributed by atoms with van der Waals surface area (Å²) in [6, 6.07) is 7.19. The van der Waals surface area contributed by atoms with E-state index in [1.165, 1.54) is 0 Å². The Labute approximate surface area is 101 Å². The fourth-order valence-electron chi connectivity index (χ4n) is 1.35. The second-order valence-corrected chi connectivity index (χ2v) is 4.13. The number of nitrogens with one attached hydrogen (secondary N) is 1. The van der Waals surface area contributed by atoms with Crippen LogP contribution in [0.15, 0.2) is 18.2 Å². The molecule has 0 heterocycles. The van der Waals surface area contributed by atoms with Crippen molar-refractivity contribution in [3.05, 3.63) is 28.8 Å². The Morgan fingerprint density at radius 3 is 2.88 bits per heavy atom. The van der Waals surface area contributed by atoms with Gasteiger partial charge in [-0.3, -0.25) is 0 Å². The topological polar surface area (TPSA) is 56.0 Å². The van der Waals surface area contributed by atoms with Crippen molar-refractivity contribution >= 4 is 17.3 Å².